The summed E-state index contributed by atoms with van der Waals surface area (Å²) >= 11 is 0. The fourth-order valence-electron chi connectivity index (χ4n) is 3.75. The standard InChI is InChI=1S/C20H28N4O4/c21-18(25)13-28-16-6-1-5-15(10-16)20(27)24-9-3-4-14(12-24)11-23-19(26)17-7-2-8-22-17/h1,5-6,10,14,17,22H,2-4,7-9,11-13H2,(H2,21,25)(H,23,26). The zero-order valence-electron chi connectivity index (χ0n) is 16.0. The van der Waals surface area contributed by atoms with Gasteiger partial charge in [0.25, 0.3) is 11.8 Å². The molecule has 2 aliphatic heterocycles. The second-order valence-electron chi connectivity index (χ2n) is 7.44. The van der Waals surface area contributed by atoms with Crippen LogP contribution in [0.25, 0.3) is 0 Å². The Labute approximate surface area is 164 Å². The van der Waals surface area contributed by atoms with Crippen molar-refractivity contribution in [3.63, 3.8) is 0 Å². The molecule has 1 aromatic rings. The van der Waals surface area contributed by atoms with Crippen LogP contribution in [0.3, 0.4) is 0 Å². The molecule has 28 heavy (non-hydrogen) atoms. The minimum atomic E-state index is -0.564. The highest BCUT2D eigenvalue weighted by Gasteiger charge is 2.27. The van der Waals surface area contributed by atoms with Gasteiger partial charge in [-0.25, -0.2) is 0 Å². The van der Waals surface area contributed by atoms with E-state index in [-0.39, 0.29) is 30.4 Å². The van der Waals surface area contributed by atoms with E-state index in [1.54, 1.807) is 24.3 Å². The van der Waals surface area contributed by atoms with Crippen molar-refractivity contribution in [1.29, 1.82) is 0 Å². The number of carbonyl (C=O) groups is 3. The molecule has 2 fully saturated rings. The largest absolute Gasteiger partial charge is 0.484 e. The number of nitrogens with one attached hydrogen (secondary N) is 2. The van der Waals surface area contributed by atoms with E-state index in [2.05, 4.69) is 10.6 Å². The van der Waals surface area contributed by atoms with Gasteiger partial charge >= 0.3 is 0 Å². The van der Waals surface area contributed by atoms with Gasteiger partial charge in [0.1, 0.15) is 5.75 Å². The third-order valence-electron chi connectivity index (χ3n) is 5.21. The predicted molar refractivity (Wildman–Crippen MR) is 104 cm³/mol. The van der Waals surface area contributed by atoms with E-state index in [9.17, 15) is 14.4 Å². The van der Waals surface area contributed by atoms with E-state index in [1.807, 2.05) is 4.90 Å². The number of hydrogen-bond donors (Lipinski definition) is 3. The first-order valence-corrected chi connectivity index (χ1v) is 9.84. The topological polar surface area (TPSA) is 114 Å². The van der Waals surface area contributed by atoms with Gasteiger partial charge in [-0.3, -0.25) is 14.4 Å². The smallest absolute Gasteiger partial charge is 0.255 e. The highest BCUT2D eigenvalue weighted by atomic mass is 16.5. The van der Waals surface area contributed by atoms with E-state index in [0.29, 0.717) is 30.9 Å². The van der Waals surface area contributed by atoms with Crippen molar-refractivity contribution in [2.75, 3.05) is 32.8 Å². The summed E-state index contributed by atoms with van der Waals surface area (Å²) in [7, 11) is 0. The fraction of sp³-hybridized carbons (Fsp3) is 0.550. The number of piperidine rings is 1. The predicted octanol–water partition coefficient (Wildman–Crippen LogP) is 0.271. The van der Waals surface area contributed by atoms with Crippen LogP contribution in [0, 0.1) is 5.92 Å². The second kappa shape index (κ2) is 9.54. The molecule has 8 nitrogen and oxygen atoms in total. The molecule has 0 aliphatic carbocycles. The van der Waals surface area contributed by atoms with Gasteiger partial charge in [-0.2, -0.15) is 0 Å². The van der Waals surface area contributed by atoms with Crippen molar-refractivity contribution in [2.24, 2.45) is 11.7 Å². The fourth-order valence-corrected chi connectivity index (χ4v) is 3.75. The van der Waals surface area contributed by atoms with Gasteiger partial charge in [-0.15, -0.1) is 0 Å². The molecule has 0 spiro atoms. The molecule has 2 unspecified atom stereocenters. The SMILES string of the molecule is NC(=O)COc1cccc(C(=O)N2CCCC(CNC(=O)C3CCCN3)C2)c1. The number of amides is 3. The van der Waals surface area contributed by atoms with E-state index in [0.717, 1.165) is 32.2 Å². The Kier molecular flexibility index (Phi) is 6.86. The lowest BCUT2D eigenvalue weighted by atomic mass is 9.97. The van der Waals surface area contributed by atoms with Crippen LogP contribution in [-0.4, -0.2) is 61.4 Å². The summed E-state index contributed by atoms with van der Waals surface area (Å²) in [6.07, 6.45) is 3.82. The molecule has 0 radical (unpaired) electrons. The average Bonchev–Trinajstić information content (AvgIpc) is 3.25. The lowest BCUT2D eigenvalue weighted by Crippen LogP contribution is -2.46. The van der Waals surface area contributed by atoms with Crippen molar-refractivity contribution in [3.8, 4) is 5.75 Å². The lowest BCUT2D eigenvalue weighted by Gasteiger charge is -2.33. The van der Waals surface area contributed by atoms with Gasteiger partial charge < -0.3 is 26.0 Å². The van der Waals surface area contributed by atoms with Crippen LogP contribution in [0.15, 0.2) is 24.3 Å². The quantitative estimate of drug-likeness (QED) is 0.620. The molecular weight excluding hydrogens is 360 g/mol. The second-order valence-corrected chi connectivity index (χ2v) is 7.44. The summed E-state index contributed by atoms with van der Waals surface area (Å²) in [5.41, 5.74) is 5.60. The molecule has 3 rings (SSSR count). The number of ether oxygens (including phenoxy) is 1. The molecule has 0 bridgehead atoms. The van der Waals surface area contributed by atoms with Crippen molar-refractivity contribution >= 4 is 17.7 Å². The molecule has 0 aromatic heterocycles. The monoisotopic (exact) mass is 388 g/mol. The summed E-state index contributed by atoms with van der Waals surface area (Å²) in [4.78, 5) is 37.7. The number of hydrogen-bond acceptors (Lipinski definition) is 5. The van der Waals surface area contributed by atoms with Gasteiger partial charge in [-0.05, 0) is 56.3 Å². The number of likely N-dealkylation sites (tertiary alicyclic amines) is 1. The minimum absolute atomic E-state index is 0.0558. The zero-order valence-corrected chi connectivity index (χ0v) is 16.0. The maximum atomic E-state index is 12.9. The Hall–Kier alpha value is -2.61. The Morgan fingerprint density at radius 1 is 1.25 bits per heavy atom. The average molecular weight is 388 g/mol. The lowest BCUT2D eigenvalue weighted by molar-refractivity contribution is -0.123. The number of carbonyl (C=O) groups excluding carboxylic acids is 3. The van der Waals surface area contributed by atoms with Gasteiger partial charge in [0.05, 0.1) is 6.04 Å². The minimum Gasteiger partial charge on any atom is -0.484 e. The van der Waals surface area contributed by atoms with Crippen molar-refractivity contribution in [1.82, 2.24) is 15.5 Å². The number of primary amides is 1. The molecule has 2 saturated heterocycles. The summed E-state index contributed by atoms with van der Waals surface area (Å²) in [5.74, 6) is 0.107. The van der Waals surface area contributed by atoms with Gasteiger partial charge in [0.15, 0.2) is 6.61 Å². The van der Waals surface area contributed by atoms with Crippen molar-refractivity contribution in [2.45, 2.75) is 31.7 Å². The maximum Gasteiger partial charge on any atom is 0.255 e. The molecular formula is C20H28N4O4. The van der Waals surface area contributed by atoms with Crippen LogP contribution in [0.4, 0.5) is 0 Å². The van der Waals surface area contributed by atoms with Gasteiger partial charge in [0, 0.05) is 25.2 Å². The molecule has 2 atom stereocenters. The normalized spacial score (nSPS) is 21.9. The highest BCUT2D eigenvalue weighted by Crippen LogP contribution is 2.20. The number of nitrogens with zero attached hydrogens (tertiary/aromatic N) is 1. The molecule has 2 heterocycles. The van der Waals surface area contributed by atoms with Crippen LogP contribution >= 0.6 is 0 Å². The molecule has 152 valence electrons. The molecule has 4 N–H and O–H groups in total. The van der Waals surface area contributed by atoms with Crippen LogP contribution in [-0.2, 0) is 9.59 Å². The van der Waals surface area contributed by atoms with E-state index in [4.69, 9.17) is 10.5 Å². The van der Waals surface area contributed by atoms with Crippen LogP contribution in [0.5, 0.6) is 5.75 Å². The maximum absolute atomic E-state index is 12.9. The van der Waals surface area contributed by atoms with E-state index >= 15 is 0 Å². The Bertz CT molecular complexity index is 718. The van der Waals surface area contributed by atoms with Crippen molar-refractivity contribution in [3.05, 3.63) is 29.8 Å². The van der Waals surface area contributed by atoms with Crippen LogP contribution in [0.1, 0.15) is 36.0 Å². The summed E-state index contributed by atoms with van der Waals surface area (Å²) < 4.78 is 5.28. The third kappa shape index (κ3) is 5.45. The number of nitrogens with two attached hydrogens (primary N) is 1. The summed E-state index contributed by atoms with van der Waals surface area (Å²) in [6, 6.07) is 6.69. The Balaban J connectivity index is 1.53. The zero-order chi connectivity index (χ0) is 19.9. The van der Waals surface area contributed by atoms with Crippen molar-refractivity contribution < 1.29 is 19.1 Å². The summed E-state index contributed by atoms with van der Waals surface area (Å²) in [6.45, 7) is 2.57. The third-order valence-corrected chi connectivity index (χ3v) is 5.21. The van der Waals surface area contributed by atoms with Crippen LogP contribution in [0.2, 0.25) is 0 Å². The Morgan fingerprint density at radius 2 is 2.11 bits per heavy atom. The first-order chi connectivity index (χ1) is 13.5. The molecule has 3 amide bonds. The molecule has 8 heteroatoms. The number of benzene rings is 1. The summed E-state index contributed by atoms with van der Waals surface area (Å²) in [5, 5.41) is 6.22. The van der Waals surface area contributed by atoms with E-state index < -0.39 is 5.91 Å². The molecule has 0 saturated carbocycles. The number of rotatable bonds is 7. The molecule has 1 aromatic carbocycles. The van der Waals surface area contributed by atoms with Gasteiger partial charge in [0.2, 0.25) is 5.91 Å². The van der Waals surface area contributed by atoms with Gasteiger partial charge in [-0.1, -0.05) is 6.07 Å². The van der Waals surface area contributed by atoms with Crippen LogP contribution < -0.4 is 21.1 Å². The Morgan fingerprint density at radius 3 is 2.86 bits per heavy atom. The highest BCUT2D eigenvalue weighted by molar-refractivity contribution is 5.94. The molecule has 2 aliphatic rings. The first-order valence-electron chi connectivity index (χ1n) is 9.84. The van der Waals surface area contributed by atoms with E-state index in [1.165, 1.54) is 0 Å². The first kappa shape index (κ1) is 20.1.